The number of likely N-dealkylation sites (N-methyl/N-ethyl adjacent to an activating group) is 1. The third-order valence-electron chi connectivity index (χ3n) is 3.21. The lowest BCUT2D eigenvalue weighted by Gasteiger charge is -2.15. The summed E-state index contributed by atoms with van der Waals surface area (Å²) in [4.78, 5) is 29.7. The average molecular weight is 362 g/mol. The number of thiophene rings is 1. The molecule has 0 aliphatic rings. The molecule has 8 heteroatoms. The zero-order valence-electron chi connectivity index (χ0n) is 12.8. The maximum absolute atomic E-state index is 12.0. The first-order valence-electron chi connectivity index (χ1n) is 7.05. The molecular formula is C16H14N2O4S2. The van der Waals surface area contributed by atoms with E-state index >= 15 is 0 Å². The molecule has 0 unspecified atom stereocenters. The van der Waals surface area contributed by atoms with Gasteiger partial charge in [0.15, 0.2) is 12.3 Å². The lowest BCUT2D eigenvalue weighted by Crippen LogP contribution is -2.30. The molecule has 0 fully saturated rings. The van der Waals surface area contributed by atoms with Crippen LogP contribution in [0.3, 0.4) is 0 Å². The highest BCUT2D eigenvalue weighted by atomic mass is 32.1. The SMILES string of the molecule is CN(Cc1ccco1)C(=O)COC(=O)c1csc(-c2ccsc2)n1. The number of thiazole rings is 1. The lowest BCUT2D eigenvalue weighted by atomic mass is 10.3. The highest BCUT2D eigenvalue weighted by molar-refractivity contribution is 7.14. The number of amides is 1. The van der Waals surface area contributed by atoms with Crippen LogP contribution >= 0.6 is 22.7 Å². The van der Waals surface area contributed by atoms with Crippen molar-refractivity contribution in [1.29, 1.82) is 0 Å². The average Bonchev–Trinajstić information content (AvgIpc) is 3.32. The van der Waals surface area contributed by atoms with Crippen LogP contribution < -0.4 is 0 Å². The Balaban J connectivity index is 1.52. The molecule has 3 rings (SSSR count). The van der Waals surface area contributed by atoms with E-state index in [1.54, 1.807) is 42.2 Å². The first-order chi connectivity index (χ1) is 11.6. The summed E-state index contributed by atoms with van der Waals surface area (Å²) < 4.78 is 10.2. The van der Waals surface area contributed by atoms with Gasteiger partial charge in [-0.1, -0.05) is 0 Å². The van der Waals surface area contributed by atoms with E-state index in [-0.39, 0.29) is 18.2 Å². The van der Waals surface area contributed by atoms with Crippen molar-refractivity contribution >= 4 is 34.6 Å². The minimum absolute atomic E-state index is 0.211. The minimum atomic E-state index is -0.604. The molecule has 0 saturated heterocycles. The van der Waals surface area contributed by atoms with E-state index in [0.29, 0.717) is 12.3 Å². The lowest BCUT2D eigenvalue weighted by molar-refractivity contribution is -0.134. The van der Waals surface area contributed by atoms with Gasteiger partial charge in [-0.05, 0) is 23.6 Å². The van der Waals surface area contributed by atoms with Crippen LogP contribution in [-0.2, 0) is 16.1 Å². The summed E-state index contributed by atoms with van der Waals surface area (Å²) >= 11 is 2.93. The Kier molecular flexibility index (Phi) is 5.07. The molecule has 0 aliphatic carbocycles. The van der Waals surface area contributed by atoms with Gasteiger partial charge in [-0.25, -0.2) is 9.78 Å². The quantitative estimate of drug-likeness (QED) is 0.629. The normalized spacial score (nSPS) is 10.5. The Morgan fingerprint density at radius 2 is 2.21 bits per heavy atom. The Labute approximate surface area is 146 Å². The molecule has 124 valence electrons. The van der Waals surface area contributed by atoms with E-state index in [2.05, 4.69) is 4.98 Å². The number of rotatable bonds is 6. The molecule has 0 aliphatic heterocycles. The van der Waals surface area contributed by atoms with Crippen molar-refractivity contribution in [2.45, 2.75) is 6.54 Å². The second-order valence-electron chi connectivity index (χ2n) is 4.96. The Morgan fingerprint density at radius 3 is 2.92 bits per heavy atom. The summed E-state index contributed by atoms with van der Waals surface area (Å²) in [7, 11) is 1.62. The van der Waals surface area contributed by atoms with Gasteiger partial charge in [-0.2, -0.15) is 11.3 Å². The van der Waals surface area contributed by atoms with Crippen LogP contribution in [0.1, 0.15) is 16.2 Å². The number of aromatic nitrogens is 1. The van der Waals surface area contributed by atoms with Gasteiger partial charge in [0.1, 0.15) is 10.8 Å². The van der Waals surface area contributed by atoms with Crippen molar-refractivity contribution in [2.75, 3.05) is 13.7 Å². The van der Waals surface area contributed by atoms with Gasteiger partial charge in [0.05, 0.1) is 12.8 Å². The fourth-order valence-corrected chi connectivity index (χ4v) is 3.42. The van der Waals surface area contributed by atoms with Crippen LogP contribution in [0.5, 0.6) is 0 Å². The van der Waals surface area contributed by atoms with Gasteiger partial charge in [-0.15, -0.1) is 11.3 Å². The van der Waals surface area contributed by atoms with Crippen LogP contribution in [0.4, 0.5) is 0 Å². The van der Waals surface area contributed by atoms with Crippen molar-refractivity contribution in [2.24, 2.45) is 0 Å². The molecule has 0 radical (unpaired) electrons. The van der Waals surface area contributed by atoms with Crippen LogP contribution in [0.2, 0.25) is 0 Å². The molecule has 0 atom stereocenters. The monoisotopic (exact) mass is 362 g/mol. The van der Waals surface area contributed by atoms with Gasteiger partial charge >= 0.3 is 5.97 Å². The molecular weight excluding hydrogens is 348 g/mol. The van der Waals surface area contributed by atoms with Gasteiger partial charge in [0, 0.05) is 23.4 Å². The number of esters is 1. The number of ether oxygens (including phenoxy) is 1. The topological polar surface area (TPSA) is 72.6 Å². The van der Waals surface area contributed by atoms with Crippen molar-refractivity contribution in [3.05, 3.63) is 52.1 Å². The van der Waals surface area contributed by atoms with Crippen LogP contribution in [0.15, 0.2) is 45.0 Å². The van der Waals surface area contributed by atoms with Crippen molar-refractivity contribution in [3.8, 4) is 10.6 Å². The first kappa shape index (κ1) is 16.4. The van der Waals surface area contributed by atoms with Gasteiger partial charge in [0.2, 0.25) is 0 Å². The molecule has 0 saturated carbocycles. The van der Waals surface area contributed by atoms with Gasteiger partial charge < -0.3 is 14.1 Å². The van der Waals surface area contributed by atoms with Crippen molar-refractivity contribution in [3.63, 3.8) is 0 Å². The van der Waals surface area contributed by atoms with E-state index in [1.807, 2.05) is 16.8 Å². The number of hydrogen-bond acceptors (Lipinski definition) is 7. The predicted octanol–water partition coefficient (Wildman–Crippen LogP) is 3.28. The fraction of sp³-hybridized carbons (Fsp3) is 0.188. The number of carbonyl (C=O) groups excluding carboxylic acids is 2. The number of carbonyl (C=O) groups is 2. The molecule has 1 amide bonds. The molecule has 0 spiro atoms. The molecule has 0 N–H and O–H groups in total. The Hall–Kier alpha value is -2.45. The van der Waals surface area contributed by atoms with E-state index in [1.165, 1.54) is 16.2 Å². The van der Waals surface area contributed by atoms with E-state index in [4.69, 9.17) is 9.15 Å². The Morgan fingerprint density at radius 1 is 1.33 bits per heavy atom. The second-order valence-corrected chi connectivity index (χ2v) is 6.59. The van der Waals surface area contributed by atoms with Crippen molar-refractivity contribution in [1.82, 2.24) is 9.88 Å². The molecule has 0 aromatic carbocycles. The first-order valence-corrected chi connectivity index (χ1v) is 8.87. The highest BCUT2D eigenvalue weighted by Gasteiger charge is 2.17. The highest BCUT2D eigenvalue weighted by Crippen LogP contribution is 2.25. The third-order valence-corrected chi connectivity index (χ3v) is 4.78. The van der Waals surface area contributed by atoms with Crippen LogP contribution in [-0.4, -0.2) is 35.4 Å². The fourth-order valence-electron chi connectivity index (χ4n) is 1.92. The van der Waals surface area contributed by atoms with E-state index < -0.39 is 5.97 Å². The second kappa shape index (κ2) is 7.41. The van der Waals surface area contributed by atoms with E-state index in [0.717, 1.165) is 10.6 Å². The number of nitrogens with zero attached hydrogens (tertiary/aromatic N) is 2. The summed E-state index contributed by atoms with van der Waals surface area (Å²) in [5.74, 6) is -0.252. The third kappa shape index (κ3) is 3.90. The minimum Gasteiger partial charge on any atom is -0.467 e. The molecule has 6 nitrogen and oxygen atoms in total. The van der Waals surface area contributed by atoms with Gasteiger partial charge in [-0.3, -0.25) is 4.79 Å². The maximum atomic E-state index is 12.0. The largest absolute Gasteiger partial charge is 0.467 e. The van der Waals surface area contributed by atoms with Gasteiger partial charge in [0.25, 0.3) is 5.91 Å². The molecule has 3 aromatic rings. The van der Waals surface area contributed by atoms with Crippen LogP contribution in [0.25, 0.3) is 10.6 Å². The van der Waals surface area contributed by atoms with E-state index in [9.17, 15) is 9.59 Å². The molecule has 3 heterocycles. The summed E-state index contributed by atoms with van der Waals surface area (Å²) in [6.45, 7) is -0.0102. The zero-order chi connectivity index (χ0) is 16.9. The standard InChI is InChI=1S/C16H14N2O4S2/c1-18(7-12-3-2-5-21-12)14(19)8-22-16(20)13-10-24-15(17-13)11-4-6-23-9-11/h2-6,9-10H,7-8H2,1H3. The molecule has 0 bridgehead atoms. The summed E-state index contributed by atoms with van der Waals surface area (Å²) in [5, 5.41) is 6.29. The zero-order valence-corrected chi connectivity index (χ0v) is 14.4. The van der Waals surface area contributed by atoms with Crippen molar-refractivity contribution < 1.29 is 18.7 Å². The number of hydrogen-bond donors (Lipinski definition) is 0. The number of furan rings is 1. The summed E-state index contributed by atoms with van der Waals surface area (Å²) in [5.41, 5.74) is 1.18. The summed E-state index contributed by atoms with van der Waals surface area (Å²) in [6, 6.07) is 5.46. The van der Waals surface area contributed by atoms with Crippen LogP contribution in [0, 0.1) is 0 Å². The maximum Gasteiger partial charge on any atom is 0.358 e. The smallest absolute Gasteiger partial charge is 0.358 e. The summed E-state index contributed by atoms with van der Waals surface area (Å²) in [6.07, 6.45) is 1.54. The Bertz CT molecular complexity index is 809. The molecule has 3 aromatic heterocycles. The molecule has 24 heavy (non-hydrogen) atoms. The predicted molar refractivity (Wildman–Crippen MR) is 90.9 cm³/mol.